The fraction of sp³-hybridized carbons (Fsp3) is 0. The molecule has 280 valence electrons. The Labute approximate surface area is 348 Å². The molecule has 60 heavy (non-hydrogen) atoms. The number of fused-ring (bicyclic) bond motifs is 9. The van der Waals surface area contributed by atoms with Gasteiger partial charge in [-0.05, 0) is 109 Å². The van der Waals surface area contributed by atoms with Gasteiger partial charge in [-0.25, -0.2) is 0 Å². The molecule has 12 aromatic rings. The third-order valence-corrected chi connectivity index (χ3v) is 12.3. The molecule has 0 radical (unpaired) electrons. The Morgan fingerprint density at radius 1 is 0.283 bits per heavy atom. The SMILES string of the molecule is c1ccc(-c2ccc(N(c3cccc(-n4c5ccccc5c5cc6ccccc6cc54)c3)c3cc4c5ccccc5ccc4c4ccccc34)c(-c3ccccc3)c2)cc1. The highest BCUT2D eigenvalue weighted by Gasteiger charge is 2.23. The summed E-state index contributed by atoms with van der Waals surface area (Å²) >= 11 is 0. The smallest absolute Gasteiger partial charge is 0.0547 e. The van der Waals surface area contributed by atoms with Gasteiger partial charge in [-0.2, -0.15) is 0 Å². The van der Waals surface area contributed by atoms with Crippen LogP contribution in [0.25, 0.3) is 92.8 Å². The van der Waals surface area contributed by atoms with Gasteiger partial charge in [-0.15, -0.1) is 0 Å². The summed E-state index contributed by atoms with van der Waals surface area (Å²) in [6.45, 7) is 0. The summed E-state index contributed by atoms with van der Waals surface area (Å²) in [7, 11) is 0. The summed E-state index contributed by atoms with van der Waals surface area (Å²) in [4.78, 5) is 2.51. The molecule has 0 bridgehead atoms. The topological polar surface area (TPSA) is 8.17 Å². The van der Waals surface area contributed by atoms with Crippen molar-refractivity contribution in [3.05, 3.63) is 231 Å². The fourth-order valence-electron chi connectivity index (χ4n) is 9.53. The van der Waals surface area contributed by atoms with E-state index < -0.39 is 0 Å². The molecule has 1 heterocycles. The van der Waals surface area contributed by atoms with E-state index in [1.54, 1.807) is 0 Å². The number of anilines is 3. The van der Waals surface area contributed by atoms with Crippen LogP contribution in [0.15, 0.2) is 231 Å². The predicted molar refractivity (Wildman–Crippen MR) is 256 cm³/mol. The first kappa shape index (κ1) is 34.1. The quantitative estimate of drug-likeness (QED) is 0.153. The minimum Gasteiger partial charge on any atom is -0.309 e. The number of nitrogens with zero attached hydrogens (tertiary/aromatic N) is 2. The first-order chi connectivity index (χ1) is 29.8. The van der Waals surface area contributed by atoms with Gasteiger partial charge in [0, 0.05) is 33.1 Å². The molecule has 1 aromatic heterocycles. The molecule has 2 heteroatoms. The molecular weight excluding hydrogens is 725 g/mol. The van der Waals surface area contributed by atoms with E-state index in [2.05, 4.69) is 240 Å². The second-order valence-electron chi connectivity index (χ2n) is 15.7. The maximum absolute atomic E-state index is 2.51. The minimum atomic E-state index is 1.08. The molecule has 0 amide bonds. The van der Waals surface area contributed by atoms with Gasteiger partial charge in [-0.1, -0.05) is 176 Å². The second kappa shape index (κ2) is 13.9. The highest BCUT2D eigenvalue weighted by Crippen LogP contribution is 2.48. The van der Waals surface area contributed by atoms with Crippen molar-refractivity contribution in [2.75, 3.05) is 4.90 Å². The number of benzene rings is 11. The minimum absolute atomic E-state index is 1.08. The lowest BCUT2D eigenvalue weighted by Crippen LogP contribution is -2.13. The van der Waals surface area contributed by atoms with Gasteiger partial charge in [0.1, 0.15) is 0 Å². The zero-order valence-corrected chi connectivity index (χ0v) is 32.8. The highest BCUT2D eigenvalue weighted by atomic mass is 15.1. The highest BCUT2D eigenvalue weighted by molar-refractivity contribution is 6.22. The molecule has 0 atom stereocenters. The van der Waals surface area contributed by atoms with Crippen molar-refractivity contribution < 1.29 is 0 Å². The van der Waals surface area contributed by atoms with Crippen LogP contribution in [0.1, 0.15) is 0 Å². The van der Waals surface area contributed by atoms with Gasteiger partial charge in [0.15, 0.2) is 0 Å². The molecule has 0 aliphatic carbocycles. The van der Waals surface area contributed by atoms with Crippen LogP contribution in [0.5, 0.6) is 0 Å². The Hall–Kier alpha value is -7.94. The van der Waals surface area contributed by atoms with Gasteiger partial charge < -0.3 is 9.47 Å². The molecule has 0 aliphatic heterocycles. The monoisotopic (exact) mass is 762 g/mol. The first-order valence-corrected chi connectivity index (χ1v) is 20.7. The van der Waals surface area contributed by atoms with E-state index in [1.807, 2.05) is 0 Å². The average molecular weight is 763 g/mol. The van der Waals surface area contributed by atoms with Gasteiger partial charge >= 0.3 is 0 Å². The van der Waals surface area contributed by atoms with Crippen LogP contribution in [0.4, 0.5) is 17.1 Å². The Kier molecular flexibility index (Phi) is 7.89. The molecule has 2 nitrogen and oxygen atoms in total. The van der Waals surface area contributed by atoms with E-state index >= 15 is 0 Å². The van der Waals surface area contributed by atoms with Crippen molar-refractivity contribution >= 4 is 82.0 Å². The number of aromatic nitrogens is 1. The van der Waals surface area contributed by atoms with Gasteiger partial charge in [0.2, 0.25) is 0 Å². The van der Waals surface area contributed by atoms with Crippen molar-refractivity contribution in [3.8, 4) is 27.9 Å². The molecular formula is C58H38N2. The number of hydrogen-bond donors (Lipinski definition) is 0. The van der Waals surface area contributed by atoms with E-state index in [1.165, 1.54) is 76.0 Å². The van der Waals surface area contributed by atoms with Crippen LogP contribution in [0.3, 0.4) is 0 Å². The molecule has 0 saturated carbocycles. The zero-order valence-electron chi connectivity index (χ0n) is 32.8. The molecule has 11 aromatic carbocycles. The maximum atomic E-state index is 2.51. The number of para-hydroxylation sites is 1. The van der Waals surface area contributed by atoms with Crippen LogP contribution in [-0.4, -0.2) is 4.57 Å². The van der Waals surface area contributed by atoms with Crippen LogP contribution in [-0.2, 0) is 0 Å². The van der Waals surface area contributed by atoms with E-state index in [9.17, 15) is 0 Å². The van der Waals surface area contributed by atoms with Gasteiger partial charge in [-0.3, -0.25) is 0 Å². The average Bonchev–Trinajstić information content (AvgIpc) is 3.64. The summed E-state index contributed by atoms with van der Waals surface area (Å²) in [5.74, 6) is 0. The van der Waals surface area contributed by atoms with Crippen LogP contribution >= 0.6 is 0 Å². The molecule has 0 spiro atoms. The standard InChI is InChI=1S/C58H38N2/c1-3-16-39(17-4-1)44-31-33-56(52(34-44)40-18-5-2-6-19-40)60(58-38-53-47-25-10-9-20-41(47)30-32-49(53)48-26-11-12-27-50(48)58)46-24-15-23-45(37-46)59-55-29-14-13-28-51(55)54-35-42-21-7-8-22-43(42)36-57(54)59/h1-38H. The third kappa shape index (κ3) is 5.50. The third-order valence-electron chi connectivity index (χ3n) is 12.3. The number of rotatable bonds is 6. The Bertz CT molecular complexity index is 3600. The van der Waals surface area contributed by atoms with Gasteiger partial charge in [0.25, 0.3) is 0 Å². The predicted octanol–water partition coefficient (Wildman–Crippen LogP) is 16.2. The largest absolute Gasteiger partial charge is 0.309 e. The Balaban J connectivity index is 1.18. The lowest BCUT2D eigenvalue weighted by molar-refractivity contribution is 1.17. The summed E-state index contributed by atoms with van der Waals surface area (Å²) in [6.07, 6.45) is 0. The molecule has 0 aliphatic rings. The molecule has 0 fully saturated rings. The van der Waals surface area contributed by atoms with Crippen LogP contribution in [0.2, 0.25) is 0 Å². The van der Waals surface area contributed by atoms with E-state index in [0.717, 1.165) is 33.9 Å². The van der Waals surface area contributed by atoms with Crippen molar-refractivity contribution in [3.63, 3.8) is 0 Å². The second-order valence-corrected chi connectivity index (χ2v) is 15.7. The van der Waals surface area contributed by atoms with E-state index in [0.29, 0.717) is 0 Å². The maximum Gasteiger partial charge on any atom is 0.0547 e. The molecule has 0 unspecified atom stereocenters. The summed E-state index contributed by atoms with van der Waals surface area (Å²) < 4.78 is 2.45. The van der Waals surface area contributed by atoms with E-state index in [-0.39, 0.29) is 0 Å². The normalized spacial score (nSPS) is 11.7. The lowest BCUT2D eigenvalue weighted by atomic mass is 9.93. The first-order valence-electron chi connectivity index (χ1n) is 20.7. The molecule has 0 saturated heterocycles. The molecule has 0 N–H and O–H groups in total. The van der Waals surface area contributed by atoms with Crippen molar-refractivity contribution in [2.24, 2.45) is 0 Å². The fourth-order valence-corrected chi connectivity index (χ4v) is 9.53. The van der Waals surface area contributed by atoms with Crippen molar-refractivity contribution in [1.82, 2.24) is 4.57 Å². The van der Waals surface area contributed by atoms with Crippen molar-refractivity contribution in [2.45, 2.75) is 0 Å². The zero-order chi connectivity index (χ0) is 39.6. The Morgan fingerprint density at radius 2 is 0.917 bits per heavy atom. The van der Waals surface area contributed by atoms with Gasteiger partial charge in [0.05, 0.1) is 22.4 Å². The van der Waals surface area contributed by atoms with Crippen LogP contribution in [0, 0.1) is 0 Å². The van der Waals surface area contributed by atoms with Crippen LogP contribution < -0.4 is 4.90 Å². The summed E-state index contributed by atoms with van der Waals surface area (Å²) in [5, 5.41) is 12.4. The molecule has 12 rings (SSSR count). The van der Waals surface area contributed by atoms with Crippen molar-refractivity contribution in [1.29, 1.82) is 0 Å². The Morgan fingerprint density at radius 3 is 1.72 bits per heavy atom. The number of hydrogen-bond acceptors (Lipinski definition) is 1. The summed E-state index contributed by atoms with van der Waals surface area (Å²) in [6, 6.07) is 84.5. The van der Waals surface area contributed by atoms with E-state index in [4.69, 9.17) is 0 Å². The summed E-state index contributed by atoms with van der Waals surface area (Å²) in [5.41, 5.74) is 11.5. The lowest BCUT2D eigenvalue weighted by Gasteiger charge is -2.30.